The van der Waals surface area contributed by atoms with Gasteiger partial charge in [-0.15, -0.1) is 22.7 Å². The highest BCUT2D eigenvalue weighted by atomic mass is 32.1. The minimum Gasteiger partial charge on any atom is -0.308 e. The van der Waals surface area contributed by atoms with Crippen molar-refractivity contribution in [2.45, 2.75) is 12.8 Å². The lowest BCUT2D eigenvalue weighted by Crippen LogP contribution is -1.87. The average molecular weight is 456 g/mol. The Kier molecular flexibility index (Phi) is 2.98. The molecule has 3 heteroatoms. The number of thiophene rings is 2. The van der Waals surface area contributed by atoms with Gasteiger partial charge in [0.05, 0.1) is 16.6 Å². The molecule has 0 aliphatic heterocycles. The molecule has 4 aromatic heterocycles. The van der Waals surface area contributed by atoms with Crippen molar-refractivity contribution in [3.05, 3.63) is 83.2 Å². The van der Waals surface area contributed by atoms with E-state index in [0.29, 0.717) is 0 Å². The van der Waals surface area contributed by atoms with E-state index in [1.807, 2.05) is 22.7 Å². The van der Waals surface area contributed by atoms with E-state index in [2.05, 4.69) is 83.3 Å². The highest BCUT2D eigenvalue weighted by Gasteiger charge is 2.23. The molecule has 0 fully saturated rings. The first kappa shape index (κ1) is 17.1. The maximum absolute atomic E-state index is 2.53. The van der Waals surface area contributed by atoms with Crippen LogP contribution in [0.25, 0.3) is 74.4 Å². The summed E-state index contributed by atoms with van der Waals surface area (Å²) in [4.78, 5) is 1.54. The van der Waals surface area contributed by atoms with Gasteiger partial charge in [-0.1, -0.05) is 60.7 Å². The summed E-state index contributed by atoms with van der Waals surface area (Å²) in [5, 5.41) is 9.77. The van der Waals surface area contributed by atoms with Gasteiger partial charge < -0.3 is 4.40 Å². The third-order valence-corrected chi connectivity index (χ3v) is 10.1. The number of nitrogens with zero attached hydrogens (tertiary/aromatic N) is 1. The van der Waals surface area contributed by atoms with Gasteiger partial charge in [-0.25, -0.2) is 0 Å². The lowest BCUT2D eigenvalue weighted by atomic mass is 10.0. The predicted molar refractivity (Wildman–Crippen MR) is 147 cm³/mol. The summed E-state index contributed by atoms with van der Waals surface area (Å²) in [6.07, 6.45) is 7.00. The quantitative estimate of drug-likeness (QED) is 0.214. The minimum atomic E-state index is 1.16. The molecule has 9 rings (SSSR count). The maximum atomic E-state index is 2.53. The Balaban J connectivity index is 1.55. The monoisotopic (exact) mass is 455 g/mol. The summed E-state index contributed by atoms with van der Waals surface area (Å²) in [7, 11) is 0. The molecule has 0 radical (unpaired) electrons. The van der Waals surface area contributed by atoms with Crippen molar-refractivity contribution in [1.29, 1.82) is 0 Å². The summed E-state index contributed by atoms with van der Waals surface area (Å²) < 4.78 is 6.77. The van der Waals surface area contributed by atoms with Crippen LogP contribution in [-0.4, -0.2) is 4.40 Å². The molecule has 8 aromatic rings. The molecule has 0 N–H and O–H groups in total. The second-order valence-corrected chi connectivity index (χ2v) is 11.3. The van der Waals surface area contributed by atoms with Crippen molar-refractivity contribution >= 4 is 97.1 Å². The molecule has 4 aromatic carbocycles. The van der Waals surface area contributed by atoms with E-state index in [9.17, 15) is 0 Å². The number of allylic oxidation sites excluding steroid dienone is 1. The van der Waals surface area contributed by atoms with E-state index in [1.54, 1.807) is 4.88 Å². The third kappa shape index (κ3) is 1.92. The highest BCUT2D eigenvalue weighted by molar-refractivity contribution is 7.26. The van der Waals surface area contributed by atoms with Crippen molar-refractivity contribution < 1.29 is 0 Å². The third-order valence-electron chi connectivity index (χ3n) is 7.58. The number of fused-ring (bicyclic) bond motifs is 14. The number of rotatable bonds is 0. The molecule has 33 heavy (non-hydrogen) atoms. The van der Waals surface area contributed by atoms with Gasteiger partial charge in [-0.3, -0.25) is 0 Å². The Bertz CT molecular complexity index is 2130. The molecule has 0 saturated carbocycles. The van der Waals surface area contributed by atoms with E-state index in [-0.39, 0.29) is 0 Å². The Labute approximate surface area is 197 Å². The molecule has 0 bridgehead atoms. The van der Waals surface area contributed by atoms with Crippen LogP contribution in [0, 0.1) is 0 Å². The molecule has 154 valence electrons. The van der Waals surface area contributed by atoms with Gasteiger partial charge in [0.15, 0.2) is 0 Å². The number of hydrogen-bond acceptors (Lipinski definition) is 2. The van der Waals surface area contributed by atoms with Crippen LogP contribution in [0.3, 0.4) is 0 Å². The molecule has 0 atom stereocenters. The lowest BCUT2D eigenvalue weighted by molar-refractivity contribution is 1.02. The zero-order valence-electron chi connectivity index (χ0n) is 17.7. The fourth-order valence-electron chi connectivity index (χ4n) is 6.23. The molecule has 0 amide bonds. The second-order valence-electron chi connectivity index (χ2n) is 9.19. The molecular formula is C30H17NS2. The fraction of sp³-hybridized carbons (Fsp3) is 0.0667. The van der Waals surface area contributed by atoms with Crippen molar-refractivity contribution in [3.63, 3.8) is 0 Å². The van der Waals surface area contributed by atoms with Crippen LogP contribution in [0.5, 0.6) is 0 Å². The molecule has 1 aliphatic carbocycles. The number of benzene rings is 4. The van der Waals surface area contributed by atoms with Crippen molar-refractivity contribution in [1.82, 2.24) is 4.40 Å². The smallest absolute Gasteiger partial charge is 0.0621 e. The van der Waals surface area contributed by atoms with Gasteiger partial charge in [0.25, 0.3) is 0 Å². The second kappa shape index (κ2) is 5.74. The Hall–Kier alpha value is -3.40. The molecular weight excluding hydrogens is 438 g/mol. The minimum absolute atomic E-state index is 1.16. The summed E-state index contributed by atoms with van der Waals surface area (Å²) >= 11 is 3.94. The standard InChI is InChI=1S/C30H17NS2/c1-3-10-24-16(6-1)18-12-14-22-26(29(18)32-24)20-8-5-9-21-27-23(31(22)28(20)21)15-13-19-17-7-2-4-11-25(17)33-30(19)27/h1-3,5-10,12-15H,4,11H2. The molecule has 0 saturated heterocycles. The van der Waals surface area contributed by atoms with Gasteiger partial charge in [0, 0.05) is 56.7 Å². The molecule has 0 unspecified atom stereocenters. The molecule has 0 spiro atoms. The number of aromatic nitrogens is 1. The number of aryl methyl sites for hydroxylation is 1. The Morgan fingerprint density at radius 2 is 1.36 bits per heavy atom. The van der Waals surface area contributed by atoms with Gasteiger partial charge in [0.1, 0.15) is 0 Å². The molecule has 1 nitrogen and oxygen atoms in total. The largest absolute Gasteiger partial charge is 0.308 e. The van der Waals surface area contributed by atoms with Crippen LogP contribution in [0.4, 0.5) is 0 Å². The van der Waals surface area contributed by atoms with Crippen LogP contribution >= 0.6 is 22.7 Å². The van der Waals surface area contributed by atoms with E-state index in [0.717, 1.165) is 6.42 Å². The Morgan fingerprint density at radius 1 is 0.636 bits per heavy atom. The summed E-state index contributed by atoms with van der Waals surface area (Å²) in [6.45, 7) is 0. The topological polar surface area (TPSA) is 4.41 Å². The lowest BCUT2D eigenvalue weighted by Gasteiger charge is -2.03. The maximum Gasteiger partial charge on any atom is 0.0621 e. The van der Waals surface area contributed by atoms with Gasteiger partial charge >= 0.3 is 0 Å². The van der Waals surface area contributed by atoms with Crippen molar-refractivity contribution in [2.75, 3.05) is 0 Å². The van der Waals surface area contributed by atoms with Crippen LogP contribution < -0.4 is 0 Å². The van der Waals surface area contributed by atoms with Crippen molar-refractivity contribution in [3.8, 4) is 0 Å². The van der Waals surface area contributed by atoms with Crippen molar-refractivity contribution in [2.24, 2.45) is 0 Å². The van der Waals surface area contributed by atoms with E-state index >= 15 is 0 Å². The van der Waals surface area contributed by atoms with E-state index in [4.69, 9.17) is 0 Å². The van der Waals surface area contributed by atoms with E-state index < -0.39 is 0 Å². The number of para-hydroxylation sites is 1. The van der Waals surface area contributed by atoms with Gasteiger partial charge in [0.2, 0.25) is 0 Å². The average Bonchev–Trinajstić information content (AvgIpc) is 3.59. The van der Waals surface area contributed by atoms with Crippen LogP contribution in [0.15, 0.2) is 72.8 Å². The zero-order chi connectivity index (χ0) is 21.3. The van der Waals surface area contributed by atoms with Crippen LogP contribution in [-0.2, 0) is 6.42 Å². The first-order valence-electron chi connectivity index (χ1n) is 11.5. The van der Waals surface area contributed by atoms with E-state index in [1.165, 1.54) is 80.3 Å². The summed E-state index contributed by atoms with van der Waals surface area (Å²) in [6, 6.07) is 25.1. The SMILES string of the molecule is C1=Cc2c(sc3c2ccc2c3c3cccc4c5c6sc7ccccc7c6ccc5n2c34)CC1. The van der Waals surface area contributed by atoms with Gasteiger partial charge in [-0.2, -0.15) is 0 Å². The molecule has 1 aliphatic rings. The predicted octanol–water partition coefficient (Wildman–Crippen LogP) is 9.38. The number of hydrogen-bond donors (Lipinski definition) is 0. The highest BCUT2D eigenvalue weighted by Crippen LogP contribution is 2.48. The zero-order valence-corrected chi connectivity index (χ0v) is 19.3. The fourth-order valence-corrected chi connectivity index (χ4v) is 8.85. The summed E-state index contributed by atoms with van der Waals surface area (Å²) in [5.74, 6) is 0. The van der Waals surface area contributed by atoms with Crippen LogP contribution in [0.2, 0.25) is 0 Å². The Morgan fingerprint density at radius 3 is 2.21 bits per heavy atom. The first-order chi connectivity index (χ1) is 16.4. The van der Waals surface area contributed by atoms with Gasteiger partial charge in [-0.05, 0) is 36.6 Å². The van der Waals surface area contributed by atoms with Crippen LogP contribution in [0.1, 0.15) is 16.9 Å². The first-order valence-corrected chi connectivity index (χ1v) is 13.1. The molecule has 4 heterocycles. The normalized spacial score (nSPS) is 14.3. The summed E-state index contributed by atoms with van der Waals surface area (Å²) in [5.41, 5.74) is 5.49.